The minimum atomic E-state index is -0.397. The molecule has 0 fully saturated rings. The molecule has 0 bridgehead atoms. The van der Waals surface area contributed by atoms with Gasteiger partial charge in [-0.2, -0.15) is 0 Å². The van der Waals surface area contributed by atoms with Crippen molar-refractivity contribution in [3.63, 3.8) is 0 Å². The lowest BCUT2D eigenvalue weighted by atomic mass is 9.98. The maximum Gasteiger partial charge on any atom is 0.407 e. The number of nitrogens with one attached hydrogen (secondary N) is 1. The summed E-state index contributed by atoms with van der Waals surface area (Å²) in [5, 5.41) is 2.79. The summed E-state index contributed by atoms with van der Waals surface area (Å²) in [5.41, 5.74) is 5.89. The Morgan fingerprint density at radius 1 is 0.960 bits per heavy atom. The summed E-state index contributed by atoms with van der Waals surface area (Å²) in [4.78, 5) is 12.1. The zero-order valence-corrected chi connectivity index (χ0v) is 13.7. The van der Waals surface area contributed by atoms with Gasteiger partial charge in [-0.15, -0.1) is 0 Å². The minimum absolute atomic E-state index is 0.0863. The van der Waals surface area contributed by atoms with Gasteiger partial charge in [-0.05, 0) is 39.9 Å². The standard InChI is InChI=1S/C22H18NO2/c24-22(23-14-16-8-2-1-3-9-16)25-15-21-19-12-6-4-10-17(19)18-11-5-7-13-20(18)21/h1-2,4-13,21H,14-15H2,(H,23,24). The lowest BCUT2D eigenvalue weighted by Gasteiger charge is -2.14. The van der Waals surface area contributed by atoms with Crippen molar-refractivity contribution < 1.29 is 9.53 Å². The summed E-state index contributed by atoms with van der Waals surface area (Å²) < 4.78 is 5.50. The minimum Gasteiger partial charge on any atom is -0.449 e. The number of carbonyl (C=O) groups is 1. The number of hydrogen-bond acceptors (Lipinski definition) is 2. The van der Waals surface area contributed by atoms with Crippen molar-refractivity contribution in [2.24, 2.45) is 0 Å². The molecule has 25 heavy (non-hydrogen) atoms. The van der Waals surface area contributed by atoms with Gasteiger partial charge in [0, 0.05) is 12.5 Å². The van der Waals surface area contributed by atoms with Gasteiger partial charge >= 0.3 is 6.09 Å². The van der Waals surface area contributed by atoms with Crippen LogP contribution in [0.25, 0.3) is 11.1 Å². The Hall–Kier alpha value is -3.07. The van der Waals surface area contributed by atoms with E-state index < -0.39 is 6.09 Å². The number of alkyl carbamates (subject to hydrolysis) is 1. The van der Waals surface area contributed by atoms with Gasteiger partial charge < -0.3 is 10.1 Å². The monoisotopic (exact) mass is 328 g/mol. The molecule has 0 aromatic heterocycles. The molecule has 1 radical (unpaired) electrons. The molecule has 123 valence electrons. The van der Waals surface area contributed by atoms with Gasteiger partial charge in [-0.3, -0.25) is 0 Å². The van der Waals surface area contributed by atoms with Crippen LogP contribution in [0.5, 0.6) is 0 Å². The zero-order valence-electron chi connectivity index (χ0n) is 13.7. The second-order valence-corrected chi connectivity index (χ2v) is 6.09. The van der Waals surface area contributed by atoms with Crippen molar-refractivity contribution >= 4 is 6.09 Å². The van der Waals surface area contributed by atoms with Crippen molar-refractivity contribution in [3.05, 3.63) is 95.6 Å². The van der Waals surface area contributed by atoms with E-state index in [2.05, 4.69) is 35.6 Å². The van der Waals surface area contributed by atoms with Gasteiger partial charge in [-0.1, -0.05) is 66.7 Å². The van der Waals surface area contributed by atoms with Crippen LogP contribution < -0.4 is 5.32 Å². The summed E-state index contributed by atoms with van der Waals surface area (Å²) in [6.45, 7) is 0.773. The Morgan fingerprint density at radius 2 is 1.64 bits per heavy atom. The number of amides is 1. The van der Waals surface area contributed by atoms with Crippen LogP contribution >= 0.6 is 0 Å². The average molecular weight is 328 g/mol. The first-order valence-electron chi connectivity index (χ1n) is 8.37. The molecular formula is C22H18NO2. The third kappa shape index (κ3) is 3.13. The third-order valence-corrected chi connectivity index (χ3v) is 4.55. The van der Waals surface area contributed by atoms with E-state index in [1.165, 1.54) is 22.3 Å². The molecular weight excluding hydrogens is 310 g/mol. The molecule has 0 unspecified atom stereocenters. The molecule has 3 aromatic rings. The van der Waals surface area contributed by atoms with Crippen molar-refractivity contribution in [1.29, 1.82) is 0 Å². The molecule has 0 aliphatic heterocycles. The largest absolute Gasteiger partial charge is 0.449 e. The van der Waals surface area contributed by atoms with E-state index in [9.17, 15) is 4.79 Å². The van der Waals surface area contributed by atoms with Crippen LogP contribution in [0.1, 0.15) is 22.6 Å². The van der Waals surface area contributed by atoms with E-state index in [1.54, 1.807) is 0 Å². The molecule has 0 saturated carbocycles. The Bertz CT molecular complexity index is 844. The van der Waals surface area contributed by atoms with Gasteiger partial charge in [0.1, 0.15) is 6.61 Å². The SMILES string of the molecule is O=C(NCc1c[c]ccc1)OCC1c2ccccc2-c2ccccc21. The molecule has 0 saturated heterocycles. The summed E-state index contributed by atoms with van der Waals surface area (Å²) >= 11 is 0. The predicted molar refractivity (Wildman–Crippen MR) is 97.2 cm³/mol. The van der Waals surface area contributed by atoms with Crippen molar-refractivity contribution in [2.45, 2.75) is 12.5 Å². The molecule has 1 aliphatic rings. The molecule has 0 heterocycles. The molecule has 3 nitrogen and oxygen atoms in total. The molecule has 1 aliphatic carbocycles. The molecule has 3 heteroatoms. The van der Waals surface area contributed by atoms with Gasteiger partial charge in [0.05, 0.1) is 0 Å². The Balaban J connectivity index is 1.43. The van der Waals surface area contributed by atoms with E-state index in [4.69, 9.17) is 4.74 Å². The van der Waals surface area contributed by atoms with Crippen molar-refractivity contribution in [2.75, 3.05) is 6.61 Å². The first-order chi connectivity index (χ1) is 12.3. The van der Waals surface area contributed by atoms with Gasteiger partial charge in [-0.25, -0.2) is 4.79 Å². The van der Waals surface area contributed by atoms with Crippen molar-refractivity contribution in [1.82, 2.24) is 5.32 Å². The maximum absolute atomic E-state index is 12.1. The normalized spacial score (nSPS) is 12.3. The number of hydrogen-bond donors (Lipinski definition) is 1. The molecule has 1 amide bonds. The zero-order chi connectivity index (χ0) is 17.1. The lowest BCUT2D eigenvalue weighted by Crippen LogP contribution is -2.25. The van der Waals surface area contributed by atoms with Crippen LogP contribution in [0, 0.1) is 6.07 Å². The van der Waals surface area contributed by atoms with Crippen LogP contribution in [0.15, 0.2) is 72.8 Å². The quantitative estimate of drug-likeness (QED) is 0.764. The maximum atomic E-state index is 12.1. The summed E-state index contributed by atoms with van der Waals surface area (Å²) in [6.07, 6.45) is -0.397. The van der Waals surface area contributed by atoms with Crippen LogP contribution in [-0.2, 0) is 11.3 Å². The van der Waals surface area contributed by atoms with Gasteiger partial charge in [0.2, 0.25) is 0 Å². The Morgan fingerprint density at radius 3 is 2.28 bits per heavy atom. The van der Waals surface area contributed by atoms with Gasteiger partial charge in [0.25, 0.3) is 0 Å². The van der Waals surface area contributed by atoms with E-state index in [-0.39, 0.29) is 5.92 Å². The Labute approximate surface area is 147 Å². The lowest BCUT2D eigenvalue weighted by molar-refractivity contribution is 0.142. The highest BCUT2D eigenvalue weighted by atomic mass is 16.5. The Kier molecular flexibility index (Phi) is 4.21. The molecule has 0 atom stereocenters. The number of ether oxygens (including phenoxy) is 1. The fourth-order valence-corrected chi connectivity index (χ4v) is 3.36. The average Bonchev–Trinajstić information content (AvgIpc) is 2.99. The van der Waals surface area contributed by atoms with Crippen LogP contribution in [0.4, 0.5) is 4.79 Å². The summed E-state index contributed by atoms with van der Waals surface area (Å²) in [6, 6.07) is 27.1. The highest BCUT2D eigenvalue weighted by molar-refractivity contribution is 5.79. The fourth-order valence-electron chi connectivity index (χ4n) is 3.36. The summed E-state index contributed by atoms with van der Waals surface area (Å²) in [5.74, 6) is 0.0863. The number of fused-ring (bicyclic) bond motifs is 3. The van der Waals surface area contributed by atoms with E-state index in [0.717, 1.165) is 5.56 Å². The molecule has 1 N–H and O–H groups in total. The van der Waals surface area contributed by atoms with Crippen molar-refractivity contribution in [3.8, 4) is 11.1 Å². The smallest absolute Gasteiger partial charge is 0.407 e. The number of carbonyl (C=O) groups excluding carboxylic acids is 1. The molecule has 0 spiro atoms. The van der Waals surface area contributed by atoms with Gasteiger partial charge in [0.15, 0.2) is 0 Å². The van der Waals surface area contributed by atoms with Crippen LogP contribution in [0.3, 0.4) is 0 Å². The first kappa shape index (κ1) is 15.5. The van der Waals surface area contributed by atoms with E-state index >= 15 is 0 Å². The molecule has 3 aromatic carbocycles. The molecule has 4 rings (SSSR count). The second kappa shape index (κ2) is 6.81. The first-order valence-corrected chi connectivity index (χ1v) is 8.37. The third-order valence-electron chi connectivity index (χ3n) is 4.55. The van der Waals surface area contributed by atoms with E-state index in [0.29, 0.717) is 13.2 Å². The van der Waals surface area contributed by atoms with Crippen LogP contribution in [0.2, 0.25) is 0 Å². The predicted octanol–water partition coefficient (Wildman–Crippen LogP) is 4.53. The summed E-state index contributed by atoms with van der Waals surface area (Å²) in [7, 11) is 0. The fraction of sp³-hybridized carbons (Fsp3) is 0.136. The number of benzene rings is 3. The van der Waals surface area contributed by atoms with E-state index in [1.807, 2.05) is 48.5 Å². The van der Waals surface area contributed by atoms with Crippen LogP contribution in [-0.4, -0.2) is 12.7 Å². The second-order valence-electron chi connectivity index (χ2n) is 6.09. The highest BCUT2D eigenvalue weighted by Crippen LogP contribution is 2.44. The number of rotatable bonds is 4. The highest BCUT2D eigenvalue weighted by Gasteiger charge is 2.28. The topological polar surface area (TPSA) is 38.3 Å².